The van der Waals surface area contributed by atoms with Gasteiger partial charge in [-0.2, -0.15) is 19.6 Å². The van der Waals surface area contributed by atoms with Crippen molar-refractivity contribution < 1.29 is 9.53 Å². The van der Waals surface area contributed by atoms with E-state index >= 15 is 0 Å². The molecule has 2 aromatic rings. The summed E-state index contributed by atoms with van der Waals surface area (Å²) in [6.07, 6.45) is 1.29. The number of esters is 1. The van der Waals surface area contributed by atoms with Gasteiger partial charge in [0.15, 0.2) is 0 Å². The van der Waals surface area contributed by atoms with Crippen molar-refractivity contribution in [3.05, 3.63) is 17.4 Å². The highest BCUT2D eigenvalue weighted by Gasteiger charge is 2.14. The Bertz CT molecular complexity index is 600. The normalized spacial score (nSPS) is 10.3. The lowest BCUT2D eigenvalue weighted by Gasteiger charge is -2.03. The minimum absolute atomic E-state index is 0.0102. The summed E-state index contributed by atoms with van der Waals surface area (Å²) in [5.41, 5.74) is 0. The summed E-state index contributed by atoms with van der Waals surface area (Å²) in [7, 11) is 1.24. The van der Waals surface area contributed by atoms with Gasteiger partial charge in [-0.1, -0.05) is 0 Å². The predicted molar refractivity (Wildman–Crippen MR) is 65.3 cm³/mol. The van der Waals surface area contributed by atoms with Gasteiger partial charge in [-0.3, -0.25) is 0 Å². The van der Waals surface area contributed by atoms with E-state index in [4.69, 9.17) is 11.6 Å². The van der Waals surface area contributed by atoms with Crippen LogP contribution in [-0.4, -0.2) is 49.3 Å². The third-order valence-corrected chi connectivity index (χ3v) is 2.16. The van der Waals surface area contributed by atoms with Crippen LogP contribution in [0.4, 0.5) is 5.95 Å². The number of rotatable bonds is 4. The second-order valence-electron chi connectivity index (χ2n) is 3.26. The van der Waals surface area contributed by atoms with Crippen LogP contribution in [0.5, 0.6) is 0 Å². The van der Waals surface area contributed by atoms with Crippen LogP contribution in [0.1, 0.15) is 17.5 Å². The van der Waals surface area contributed by atoms with Gasteiger partial charge in [0.1, 0.15) is 6.33 Å². The molecular weight excluding hydrogens is 274 g/mol. The van der Waals surface area contributed by atoms with Gasteiger partial charge in [0.25, 0.3) is 11.8 Å². The smallest absolute Gasteiger partial charge is 0.377 e. The molecule has 0 saturated heterocycles. The molecule has 0 spiro atoms. The lowest BCUT2D eigenvalue weighted by Crippen LogP contribution is -2.10. The second-order valence-corrected chi connectivity index (χ2v) is 3.60. The van der Waals surface area contributed by atoms with Crippen LogP contribution in [-0.2, 0) is 4.74 Å². The molecular formula is C9H10ClN7O2. The molecule has 19 heavy (non-hydrogen) atoms. The molecule has 0 aliphatic heterocycles. The molecule has 0 aliphatic rings. The standard InChI is InChI=1S/C9H10ClN7O2/c1-3-11-8-13-7(10)14-9(15-8)17-4-12-5(16-17)6(18)19-2/h4H,3H2,1-2H3,(H,11,13,14,15). The topological polar surface area (TPSA) is 108 Å². The van der Waals surface area contributed by atoms with Gasteiger partial charge in [-0.15, -0.1) is 5.10 Å². The van der Waals surface area contributed by atoms with Gasteiger partial charge in [0, 0.05) is 6.54 Å². The molecule has 0 bridgehead atoms. The van der Waals surface area contributed by atoms with Crippen molar-refractivity contribution in [2.75, 3.05) is 19.0 Å². The number of methoxy groups -OCH3 is 1. The number of carbonyl (C=O) groups excluding carboxylic acids is 1. The van der Waals surface area contributed by atoms with E-state index in [0.29, 0.717) is 12.5 Å². The molecule has 2 rings (SSSR count). The Hall–Kier alpha value is -2.29. The maximum Gasteiger partial charge on any atom is 0.377 e. The summed E-state index contributed by atoms with van der Waals surface area (Å²) in [6, 6.07) is 0. The number of nitrogens with zero attached hydrogens (tertiary/aromatic N) is 6. The molecule has 0 amide bonds. The first kappa shape index (κ1) is 13.1. The van der Waals surface area contributed by atoms with Crippen LogP contribution < -0.4 is 5.32 Å². The minimum atomic E-state index is -0.647. The van der Waals surface area contributed by atoms with Crippen molar-refractivity contribution in [2.24, 2.45) is 0 Å². The van der Waals surface area contributed by atoms with E-state index in [1.54, 1.807) is 0 Å². The molecule has 2 aromatic heterocycles. The SMILES string of the molecule is CCNc1nc(Cl)nc(-n2cnc(C(=O)OC)n2)n1. The van der Waals surface area contributed by atoms with Crippen molar-refractivity contribution in [3.63, 3.8) is 0 Å². The summed E-state index contributed by atoms with van der Waals surface area (Å²) in [4.78, 5) is 26.9. The summed E-state index contributed by atoms with van der Waals surface area (Å²) < 4.78 is 5.71. The minimum Gasteiger partial charge on any atom is -0.463 e. The van der Waals surface area contributed by atoms with Crippen LogP contribution >= 0.6 is 11.6 Å². The highest BCUT2D eigenvalue weighted by atomic mass is 35.5. The maximum absolute atomic E-state index is 11.2. The van der Waals surface area contributed by atoms with E-state index in [2.05, 4.69) is 35.1 Å². The maximum atomic E-state index is 11.2. The van der Waals surface area contributed by atoms with Gasteiger partial charge in [-0.05, 0) is 18.5 Å². The van der Waals surface area contributed by atoms with Gasteiger partial charge in [0.05, 0.1) is 7.11 Å². The Kier molecular flexibility index (Phi) is 3.85. The van der Waals surface area contributed by atoms with Gasteiger partial charge >= 0.3 is 5.97 Å². The van der Waals surface area contributed by atoms with Crippen LogP contribution in [0.2, 0.25) is 5.28 Å². The highest BCUT2D eigenvalue weighted by Crippen LogP contribution is 2.08. The molecule has 0 aliphatic carbocycles. The molecule has 2 heterocycles. The number of hydrogen-bond donors (Lipinski definition) is 1. The first-order valence-corrected chi connectivity index (χ1v) is 5.67. The van der Waals surface area contributed by atoms with E-state index in [1.807, 2.05) is 6.92 Å². The van der Waals surface area contributed by atoms with E-state index in [0.717, 1.165) is 0 Å². The molecule has 0 atom stereocenters. The zero-order chi connectivity index (χ0) is 13.8. The monoisotopic (exact) mass is 283 g/mol. The molecule has 10 heteroatoms. The van der Waals surface area contributed by atoms with Crippen molar-refractivity contribution in [1.82, 2.24) is 29.7 Å². The second kappa shape index (κ2) is 5.57. The molecule has 0 aromatic carbocycles. The quantitative estimate of drug-likeness (QED) is 0.800. The van der Waals surface area contributed by atoms with Crippen LogP contribution in [0.25, 0.3) is 5.95 Å². The molecule has 9 nitrogen and oxygen atoms in total. The van der Waals surface area contributed by atoms with Gasteiger partial charge in [0.2, 0.25) is 11.2 Å². The van der Waals surface area contributed by atoms with E-state index in [9.17, 15) is 4.79 Å². The highest BCUT2D eigenvalue weighted by molar-refractivity contribution is 6.28. The fraction of sp³-hybridized carbons (Fsp3) is 0.333. The molecule has 0 saturated carbocycles. The lowest BCUT2D eigenvalue weighted by atomic mass is 10.6. The summed E-state index contributed by atoms with van der Waals surface area (Å²) in [5.74, 6) is -0.277. The summed E-state index contributed by atoms with van der Waals surface area (Å²) in [5, 5.41) is 6.80. The molecule has 0 unspecified atom stereocenters. The van der Waals surface area contributed by atoms with E-state index in [-0.39, 0.29) is 17.1 Å². The Morgan fingerprint density at radius 3 is 2.95 bits per heavy atom. The van der Waals surface area contributed by atoms with Crippen molar-refractivity contribution in [1.29, 1.82) is 0 Å². The van der Waals surface area contributed by atoms with E-state index < -0.39 is 5.97 Å². The lowest BCUT2D eigenvalue weighted by molar-refractivity contribution is 0.0587. The third-order valence-electron chi connectivity index (χ3n) is 2.00. The Labute approximate surface area is 113 Å². The Balaban J connectivity index is 2.35. The van der Waals surface area contributed by atoms with Gasteiger partial charge in [-0.25, -0.2) is 9.78 Å². The van der Waals surface area contributed by atoms with Crippen molar-refractivity contribution >= 4 is 23.5 Å². The number of ether oxygens (including phenoxy) is 1. The van der Waals surface area contributed by atoms with Crippen molar-refractivity contribution in [2.45, 2.75) is 6.92 Å². The number of hydrogen-bond acceptors (Lipinski definition) is 8. The molecule has 0 radical (unpaired) electrons. The Morgan fingerprint density at radius 1 is 1.47 bits per heavy atom. The largest absolute Gasteiger partial charge is 0.463 e. The van der Waals surface area contributed by atoms with Gasteiger partial charge < -0.3 is 10.1 Å². The zero-order valence-electron chi connectivity index (χ0n) is 10.2. The summed E-state index contributed by atoms with van der Waals surface area (Å²) in [6.45, 7) is 2.52. The first-order valence-electron chi connectivity index (χ1n) is 5.29. The average molecular weight is 284 g/mol. The van der Waals surface area contributed by atoms with Crippen LogP contribution in [0.15, 0.2) is 6.33 Å². The first-order chi connectivity index (χ1) is 9.13. The molecule has 100 valence electrons. The van der Waals surface area contributed by atoms with Crippen LogP contribution in [0, 0.1) is 0 Å². The summed E-state index contributed by atoms with van der Waals surface area (Å²) >= 11 is 5.78. The predicted octanol–water partition coefficient (Wildman–Crippen LogP) is 0.324. The van der Waals surface area contributed by atoms with Crippen LogP contribution in [0.3, 0.4) is 0 Å². The number of carbonyl (C=O) groups is 1. The number of halogens is 1. The molecule has 0 fully saturated rings. The average Bonchev–Trinajstić information content (AvgIpc) is 2.87. The van der Waals surface area contributed by atoms with E-state index in [1.165, 1.54) is 18.1 Å². The zero-order valence-corrected chi connectivity index (χ0v) is 10.9. The Morgan fingerprint density at radius 2 is 2.26 bits per heavy atom. The fourth-order valence-electron chi connectivity index (χ4n) is 1.22. The number of anilines is 1. The number of aromatic nitrogens is 6. The fourth-order valence-corrected chi connectivity index (χ4v) is 1.38. The van der Waals surface area contributed by atoms with Crippen molar-refractivity contribution in [3.8, 4) is 5.95 Å². The third kappa shape index (κ3) is 2.94. The molecule has 1 N–H and O–H groups in total. The number of nitrogens with one attached hydrogen (secondary N) is 1.